The Balaban J connectivity index is 1.59. The molecule has 1 N–H and O–H groups in total. The van der Waals surface area contributed by atoms with E-state index in [1.165, 1.54) is 29.2 Å². The van der Waals surface area contributed by atoms with Gasteiger partial charge in [-0.25, -0.2) is 14.4 Å². The van der Waals surface area contributed by atoms with E-state index in [1.54, 1.807) is 47.7 Å². The van der Waals surface area contributed by atoms with Crippen molar-refractivity contribution in [3.63, 3.8) is 0 Å². The first-order chi connectivity index (χ1) is 13.5. The van der Waals surface area contributed by atoms with Crippen LogP contribution in [-0.2, 0) is 11.3 Å². The van der Waals surface area contributed by atoms with Gasteiger partial charge in [-0.1, -0.05) is 18.2 Å². The lowest BCUT2D eigenvalue weighted by atomic mass is 10.2. The maximum atomic E-state index is 14.0. The van der Waals surface area contributed by atoms with Crippen LogP contribution in [0.4, 0.5) is 21.2 Å². The lowest BCUT2D eigenvalue weighted by Crippen LogP contribution is -2.22. The van der Waals surface area contributed by atoms with Gasteiger partial charge in [0.25, 0.3) is 0 Å². The molecule has 0 aliphatic carbocycles. The molecule has 3 heterocycles. The lowest BCUT2D eigenvalue weighted by Gasteiger charge is -2.10. The second-order valence-electron chi connectivity index (χ2n) is 6.24. The van der Waals surface area contributed by atoms with E-state index in [1.807, 2.05) is 6.07 Å². The van der Waals surface area contributed by atoms with Gasteiger partial charge in [-0.05, 0) is 6.07 Å². The third kappa shape index (κ3) is 3.56. The molecule has 4 rings (SSSR count). The van der Waals surface area contributed by atoms with Crippen LogP contribution in [0.2, 0.25) is 0 Å². The fourth-order valence-electron chi connectivity index (χ4n) is 2.70. The van der Waals surface area contributed by atoms with Crippen molar-refractivity contribution in [2.45, 2.75) is 13.5 Å². The number of thiazole rings is 1. The van der Waals surface area contributed by atoms with E-state index < -0.39 is 0 Å². The minimum Gasteiger partial charge on any atom is -0.316 e. The van der Waals surface area contributed by atoms with Crippen LogP contribution < -0.4 is 10.2 Å². The molecule has 0 saturated heterocycles. The molecule has 0 unspecified atom stereocenters. The van der Waals surface area contributed by atoms with Crippen LogP contribution in [0.25, 0.3) is 10.9 Å². The molecule has 7 nitrogen and oxygen atoms in total. The van der Waals surface area contributed by atoms with Gasteiger partial charge in [-0.3, -0.25) is 14.4 Å². The average Bonchev–Trinajstić information content (AvgIpc) is 3.30. The third-order valence-electron chi connectivity index (χ3n) is 4.35. The molecule has 1 amide bonds. The number of anilines is 3. The Morgan fingerprint density at radius 3 is 2.93 bits per heavy atom. The molecule has 0 bridgehead atoms. The first-order valence-electron chi connectivity index (χ1n) is 8.53. The van der Waals surface area contributed by atoms with Crippen LogP contribution >= 0.6 is 11.3 Å². The molecule has 0 spiro atoms. The summed E-state index contributed by atoms with van der Waals surface area (Å²) >= 11 is 1.38. The number of rotatable bonds is 5. The number of benzene rings is 1. The summed E-state index contributed by atoms with van der Waals surface area (Å²) in [6.07, 6.45) is 3.41. The Hall–Kier alpha value is -3.33. The summed E-state index contributed by atoms with van der Waals surface area (Å²) in [5, 5.41) is 10.8. The van der Waals surface area contributed by atoms with Crippen LogP contribution in [0.1, 0.15) is 12.5 Å². The second-order valence-corrected chi connectivity index (χ2v) is 7.09. The molecule has 0 aliphatic heterocycles. The van der Waals surface area contributed by atoms with E-state index in [0.29, 0.717) is 28.9 Å². The Labute approximate surface area is 164 Å². The minimum atomic E-state index is -0.261. The molecule has 28 heavy (non-hydrogen) atoms. The van der Waals surface area contributed by atoms with Crippen molar-refractivity contribution in [3.8, 4) is 0 Å². The number of fused-ring (bicyclic) bond motifs is 1. The largest absolute Gasteiger partial charge is 0.316 e. The van der Waals surface area contributed by atoms with Gasteiger partial charge in [0.05, 0.1) is 18.3 Å². The maximum absolute atomic E-state index is 14.0. The number of aromatic nitrogens is 4. The topological polar surface area (TPSA) is 75.9 Å². The van der Waals surface area contributed by atoms with Crippen LogP contribution in [-0.4, -0.2) is 32.7 Å². The number of nitrogens with zero attached hydrogens (tertiary/aromatic N) is 5. The van der Waals surface area contributed by atoms with Crippen molar-refractivity contribution in [2.75, 3.05) is 17.3 Å². The fourth-order valence-corrected chi connectivity index (χ4v) is 3.44. The summed E-state index contributed by atoms with van der Waals surface area (Å²) in [4.78, 5) is 21.7. The molecular formula is C19H17FN6OS. The molecule has 0 atom stereocenters. The first kappa shape index (κ1) is 18.1. The Kier molecular flexibility index (Phi) is 4.74. The lowest BCUT2D eigenvalue weighted by molar-refractivity contribution is -0.116. The van der Waals surface area contributed by atoms with Crippen LogP contribution in [0, 0.1) is 5.82 Å². The number of carbonyl (C=O) groups is 1. The molecule has 0 saturated carbocycles. The van der Waals surface area contributed by atoms with E-state index in [4.69, 9.17) is 0 Å². The number of nitrogens with one attached hydrogen (secondary N) is 1. The van der Waals surface area contributed by atoms with Gasteiger partial charge in [0.15, 0.2) is 5.13 Å². The van der Waals surface area contributed by atoms with E-state index in [9.17, 15) is 9.18 Å². The number of carbonyl (C=O) groups excluding carboxylic acids is 1. The van der Waals surface area contributed by atoms with Crippen molar-refractivity contribution < 1.29 is 9.18 Å². The van der Waals surface area contributed by atoms with Crippen LogP contribution in [0.15, 0.2) is 48.1 Å². The quantitative estimate of drug-likeness (QED) is 0.555. The Morgan fingerprint density at radius 1 is 1.32 bits per heavy atom. The van der Waals surface area contributed by atoms with Crippen molar-refractivity contribution in [1.82, 2.24) is 19.7 Å². The third-order valence-corrected chi connectivity index (χ3v) is 5.09. The predicted octanol–water partition coefficient (Wildman–Crippen LogP) is 3.80. The van der Waals surface area contributed by atoms with Crippen molar-refractivity contribution in [1.29, 1.82) is 0 Å². The van der Waals surface area contributed by atoms with E-state index in [0.717, 1.165) is 10.9 Å². The second kappa shape index (κ2) is 7.35. The molecule has 1 aromatic carbocycles. The number of hydrogen-bond acceptors (Lipinski definition) is 6. The summed E-state index contributed by atoms with van der Waals surface area (Å²) in [6.45, 7) is 1.81. The highest BCUT2D eigenvalue weighted by Gasteiger charge is 2.12. The van der Waals surface area contributed by atoms with Gasteiger partial charge in [0, 0.05) is 42.6 Å². The maximum Gasteiger partial charge on any atom is 0.224 e. The van der Waals surface area contributed by atoms with Gasteiger partial charge < -0.3 is 5.32 Å². The average molecular weight is 396 g/mol. The number of halogens is 1. The zero-order chi connectivity index (χ0) is 19.7. The highest BCUT2D eigenvalue weighted by atomic mass is 32.1. The van der Waals surface area contributed by atoms with Gasteiger partial charge in [-0.15, -0.1) is 11.3 Å². The Bertz CT molecular complexity index is 1150. The normalized spacial score (nSPS) is 11.0. The molecule has 0 radical (unpaired) electrons. The first-order valence-corrected chi connectivity index (χ1v) is 9.41. The van der Waals surface area contributed by atoms with Gasteiger partial charge in [0.1, 0.15) is 17.5 Å². The Morgan fingerprint density at radius 2 is 2.14 bits per heavy atom. The predicted molar refractivity (Wildman–Crippen MR) is 108 cm³/mol. The SMILES string of the molecule is CC(=O)N(C)c1csc(Nc2cc3c(cn2)cnn3Cc2ccccc2F)n1. The van der Waals surface area contributed by atoms with Crippen molar-refractivity contribution >= 4 is 44.9 Å². The van der Waals surface area contributed by atoms with Gasteiger partial charge >= 0.3 is 0 Å². The fraction of sp³-hybridized carbons (Fsp3) is 0.158. The van der Waals surface area contributed by atoms with Crippen LogP contribution in [0.5, 0.6) is 0 Å². The summed E-state index contributed by atoms with van der Waals surface area (Å²) in [6, 6.07) is 8.49. The highest BCUT2D eigenvalue weighted by Crippen LogP contribution is 2.26. The summed E-state index contributed by atoms with van der Waals surface area (Å²) in [5.74, 6) is 0.816. The van der Waals surface area contributed by atoms with E-state index in [2.05, 4.69) is 20.4 Å². The standard InChI is InChI=1S/C19H17FN6OS/c1-12(27)25(2)18-11-28-19(24-18)23-17-7-16-14(8-21-17)9-22-26(16)10-13-5-3-4-6-15(13)20/h3-9,11H,10H2,1-2H3,(H,21,23,24). The van der Waals surface area contributed by atoms with Gasteiger partial charge in [0.2, 0.25) is 5.91 Å². The molecule has 0 aliphatic rings. The molecule has 142 valence electrons. The summed E-state index contributed by atoms with van der Waals surface area (Å²) in [7, 11) is 1.67. The highest BCUT2D eigenvalue weighted by molar-refractivity contribution is 7.14. The number of pyridine rings is 1. The minimum absolute atomic E-state index is 0.0894. The smallest absolute Gasteiger partial charge is 0.224 e. The zero-order valence-corrected chi connectivity index (χ0v) is 16.1. The molecule has 0 fully saturated rings. The number of amides is 1. The summed E-state index contributed by atoms with van der Waals surface area (Å²) in [5.41, 5.74) is 1.40. The molecule has 9 heteroatoms. The van der Waals surface area contributed by atoms with E-state index >= 15 is 0 Å². The summed E-state index contributed by atoms with van der Waals surface area (Å²) < 4.78 is 15.7. The van der Waals surface area contributed by atoms with Crippen molar-refractivity contribution in [3.05, 3.63) is 59.5 Å². The monoisotopic (exact) mass is 396 g/mol. The molecule has 3 aromatic heterocycles. The molecule has 4 aromatic rings. The van der Waals surface area contributed by atoms with Gasteiger partial charge in [-0.2, -0.15) is 5.10 Å². The van der Waals surface area contributed by atoms with Crippen molar-refractivity contribution in [2.24, 2.45) is 0 Å². The zero-order valence-electron chi connectivity index (χ0n) is 15.3. The molecular weight excluding hydrogens is 379 g/mol. The van der Waals surface area contributed by atoms with E-state index in [-0.39, 0.29) is 11.7 Å². The number of hydrogen-bond donors (Lipinski definition) is 1. The van der Waals surface area contributed by atoms with Crippen LogP contribution in [0.3, 0.4) is 0 Å².